The minimum absolute atomic E-state index is 0. The maximum atomic E-state index is 12.8. The lowest BCUT2D eigenvalue weighted by molar-refractivity contribution is -0.00000603. The normalized spacial score (nSPS) is 11.3. The van der Waals surface area contributed by atoms with Crippen molar-refractivity contribution in [1.29, 1.82) is 0 Å². The van der Waals surface area contributed by atoms with Crippen LogP contribution in [0, 0.1) is 0 Å². The van der Waals surface area contributed by atoms with Crippen molar-refractivity contribution < 1.29 is 12.4 Å². The molecule has 32 heavy (non-hydrogen) atoms. The summed E-state index contributed by atoms with van der Waals surface area (Å²) in [5.41, 5.74) is 2.63. The molecule has 5 aromatic rings. The Bertz CT molecular complexity index is 1400. The smallest absolute Gasteiger partial charge is 0.294 e. The Labute approximate surface area is 201 Å². The third-order valence-corrected chi connectivity index (χ3v) is 10.5. The molecule has 0 aliphatic rings. The molecule has 2 heterocycles. The Morgan fingerprint density at radius 3 is 2.06 bits per heavy atom. The van der Waals surface area contributed by atoms with Crippen LogP contribution < -0.4 is 33.9 Å². The van der Waals surface area contributed by atoms with Crippen molar-refractivity contribution in [1.82, 2.24) is 14.6 Å². The van der Waals surface area contributed by atoms with Gasteiger partial charge in [0.2, 0.25) is 4.96 Å². The second-order valence-corrected chi connectivity index (χ2v) is 11.9. The molecule has 0 atom stereocenters. The zero-order valence-corrected chi connectivity index (χ0v) is 20.2. The predicted octanol–water partition coefficient (Wildman–Crippen LogP) is 1.40. The van der Waals surface area contributed by atoms with E-state index in [1.54, 1.807) is 5.51 Å². The number of fused-ring (bicyclic) bond motifs is 1. The summed E-state index contributed by atoms with van der Waals surface area (Å²) in [6.07, 6.45) is 0. The van der Waals surface area contributed by atoms with Crippen molar-refractivity contribution in [2.24, 2.45) is 0 Å². The van der Waals surface area contributed by atoms with Crippen molar-refractivity contribution in [2.45, 2.75) is 0 Å². The maximum Gasteiger partial charge on any atom is 0.294 e. The molecule has 4 nitrogen and oxygen atoms in total. The van der Waals surface area contributed by atoms with Gasteiger partial charge in [-0.1, -0.05) is 71.5 Å². The van der Waals surface area contributed by atoms with Gasteiger partial charge in [-0.25, -0.2) is 4.98 Å². The average molecular weight is 498 g/mol. The lowest BCUT2D eigenvalue weighted by Crippen LogP contribution is -3.00. The van der Waals surface area contributed by atoms with E-state index in [0.29, 0.717) is 10.7 Å². The van der Waals surface area contributed by atoms with Crippen LogP contribution in [0.5, 0.6) is 0 Å². The highest BCUT2D eigenvalue weighted by Gasteiger charge is 2.42. The highest BCUT2D eigenvalue weighted by atomic mass is 35.5. The van der Waals surface area contributed by atoms with E-state index in [1.165, 1.54) is 26.5 Å². The van der Waals surface area contributed by atoms with Gasteiger partial charge in [-0.2, -0.15) is 9.61 Å². The number of rotatable bonds is 4. The molecule has 0 amide bonds. The van der Waals surface area contributed by atoms with Gasteiger partial charge in [0.25, 0.3) is 5.56 Å². The van der Waals surface area contributed by atoms with Crippen LogP contribution in [0.4, 0.5) is 0 Å². The van der Waals surface area contributed by atoms with Crippen molar-refractivity contribution >= 4 is 51.1 Å². The van der Waals surface area contributed by atoms with E-state index in [9.17, 15) is 4.79 Å². The molecule has 0 aliphatic heterocycles. The molecule has 5 rings (SSSR count). The number of aromatic nitrogens is 3. The van der Waals surface area contributed by atoms with Crippen LogP contribution in [0.15, 0.2) is 95.2 Å². The van der Waals surface area contributed by atoms with Crippen LogP contribution in [0.2, 0.25) is 5.02 Å². The summed E-state index contributed by atoms with van der Waals surface area (Å²) in [4.78, 5) is 18.1. The molecule has 160 valence electrons. The summed E-state index contributed by atoms with van der Waals surface area (Å²) < 4.78 is 1.25. The highest BCUT2D eigenvalue weighted by molar-refractivity contribution is 7.95. The molecule has 0 fully saturated rings. The number of benzene rings is 3. The molecule has 8 heteroatoms. The molecular weight excluding hydrogens is 480 g/mol. The van der Waals surface area contributed by atoms with Crippen LogP contribution in [0.1, 0.15) is 0 Å². The van der Waals surface area contributed by atoms with Crippen molar-refractivity contribution in [3.8, 4) is 11.3 Å². The second-order valence-electron chi connectivity index (χ2n) is 7.21. The van der Waals surface area contributed by atoms with Gasteiger partial charge in [-0.05, 0) is 36.4 Å². The first-order valence-corrected chi connectivity index (χ1v) is 13.2. The lowest BCUT2D eigenvalue weighted by atomic mass is 10.1. The Morgan fingerprint density at radius 2 is 1.44 bits per heavy atom. The zero-order chi connectivity index (χ0) is 21.4. The summed E-state index contributed by atoms with van der Waals surface area (Å²) >= 11 is 7.88. The minimum Gasteiger partial charge on any atom is -1.00 e. The Balaban J connectivity index is 0.00000245. The van der Waals surface area contributed by atoms with Gasteiger partial charge >= 0.3 is 0 Å². The van der Waals surface area contributed by atoms with E-state index in [0.717, 1.165) is 10.9 Å². The molecule has 0 radical (unpaired) electrons. The summed E-state index contributed by atoms with van der Waals surface area (Å²) in [7, 11) is -2.03. The van der Waals surface area contributed by atoms with E-state index < -0.39 is 7.26 Å². The third-order valence-electron chi connectivity index (χ3n) is 5.48. The lowest BCUT2D eigenvalue weighted by Gasteiger charge is -2.25. The Hall–Kier alpha value is -2.56. The monoisotopic (exact) mass is 497 g/mol. The van der Waals surface area contributed by atoms with Gasteiger partial charge in [0.05, 0.1) is 6.66 Å². The Kier molecular flexibility index (Phi) is 6.45. The molecular formula is C24H18Cl2N3OPS. The van der Waals surface area contributed by atoms with E-state index in [4.69, 9.17) is 16.6 Å². The number of halogens is 2. The van der Waals surface area contributed by atoms with E-state index in [2.05, 4.69) is 66.4 Å². The van der Waals surface area contributed by atoms with Gasteiger partial charge in [-0.3, -0.25) is 4.79 Å². The molecule has 0 unspecified atom stereocenters. The summed E-state index contributed by atoms with van der Waals surface area (Å²) in [6, 6.07) is 29.2. The van der Waals surface area contributed by atoms with Crippen LogP contribution in [0.25, 0.3) is 16.2 Å². The van der Waals surface area contributed by atoms with Crippen LogP contribution in [-0.4, -0.2) is 21.3 Å². The zero-order valence-electron chi connectivity index (χ0n) is 17.0. The molecule has 0 bridgehead atoms. The molecule has 0 saturated carbocycles. The van der Waals surface area contributed by atoms with Gasteiger partial charge in [0.15, 0.2) is 0 Å². The Morgan fingerprint density at radius 1 is 0.875 bits per heavy atom. The summed E-state index contributed by atoms with van der Waals surface area (Å²) in [5, 5.41) is 7.78. The molecule has 0 N–H and O–H groups in total. The fourth-order valence-corrected chi connectivity index (χ4v) is 8.16. The molecule has 0 spiro atoms. The van der Waals surface area contributed by atoms with Crippen LogP contribution >= 0.6 is 30.2 Å². The quantitative estimate of drug-likeness (QED) is 0.352. The van der Waals surface area contributed by atoms with Crippen LogP contribution in [-0.2, 0) is 0 Å². The van der Waals surface area contributed by atoms with Gasteiger partial charge in [0, 0.05) is 5.56 Å². The number of hydrogen-bond acceptors (Lipinski definition) is 4. The molecule has 3 aromatic carbocycles. The topological polar surface area (TPSA) is 47.3 Å². The van der Waals surface area contributed by atoms with Gasteiger partial charge in [0.1, 0.15) is 39.4 Å². The number of hydrogen-bond donors (Lipinski definition) is 0. The van der Waals surface area contributed by atoms with Crippen molar-refractivity contribution in [2.75, 3.05) is 6.66 Å². The van der Waals surface area contributed by atoms with Crippen LogP contribution in [0.3, 0.4) is 0 Å². The third kappa shape index (κ3) is 3.66. The summed E-state index contributed by atoms with van der Waals surface area (Å²) in [5.74, 6) is 0. The average Bonchev–Trinajstić information content (AvgIpc) is 3.31. The summed E-state index contributed by atoms with van der Waals surface area (Å²) in [6.45, 7) is 2.31. The van der Waals surface area contributed by atoms with Gasteiger partial charge < -0.3 is 12.4 Å². The molecule has 0 saturated heterocycles. The molecule has 0 aliphatic carbocycles. The van der Waals surface area contributed by atoms with E-state index in [1.807, 2.05) is 30.3 Å². The van der Waals surface area contributed by atoms with Crippen molar-refractivity contribution in [3.05, 3.63) is 106 Å². The fraction of sp³-hybridized carbons (Fsp3) is 0.0417. The maximum absolute atomic E-state index is 12.8. The first kappa shape index (κ1) is 22.6. The van der Waals surface area contributed by atoms with E-state index in [-0.39, 0.29) is 23.0 Å². The standard InChI is InChI=1S/C24H18ClN3OPS.ClH/c1-30(17-10-4-2-5-11-17,18-12-6-3-7-13-18)20-15-9-8-14-19(20)22-21(25)23(29)28-24(27-22)31-16-26-28;/h2-16H,1H3;1H/q+1;/p-1. The van der Waals surface area contributed by atoms with Gasteiger partial charge in [-0.15, -0.1) is 0 Å². The SMILES string of the molecule is C[P+](c1ccccc1)(c1ccccc1)c1ccccc1-c1nc2scnn2c(=O)c1Cl.[Cl-]. The fourth-order valence-electron chi connectivity index (χ4n) is 3.89. The van der Waals surface area contributed by atoms with Crippen molar-refractivity contribution in [3.63, 3.8) is 0 Å². The predicted molar refractivity (Wildman–Crippen MR) is 132 cm³/mol. The first-order chi connectivity index (χ1) is 15.1. The highest BCUT2D eigenvalue weighted by Crippen LogP contribution is 2.53. The number of nitrogens with zero attached hydrogens (tertiary/aromatic N) is 3. The second kappa shape index (κ2) is 9.13. The first-order valence-electron chi connectivity index (χ1n) is 9.70. The molecule has 2 aromatic heterocycles. The largest absolute Gasteiger partial charge is 1.00 e. The van der Waals surface area contributed by atoms with E-state index >= 15 is 0 Å². The minimum atomic E-state index is -2.03.